The molecule has 2 amide bonds. The Hall–Kier alpha value is -2.97. The highest BCUT2D eigenvalue weighted by atomic mass is 32.1. The third-order valence-corrected chi connectivity index (χ3v) is 4.49. The van der Waals surface area contributed by atoms with Crippen molar-refractivity contribution in [3.8, 4) is 5.75 Å². The van der Waals surface area contributed by atoms with E-state index in [2.05, 4.69) is 10.6 Å². The predicted octanol–water partition coefficient (Wildman–Crippen LogP) is 2.29. The van der Waals surface area contributed by atoms with Crippen molar-refractivity contribution in [1.29, 1.82) is 0 Å². The van der Waals surface area contributed by atoms with Crippen LogP contribution in [0.15, 0.2) is 48.5 Å². The summed E-state index contributed by atoms with van der Waals surface area (Å²) in [7, 11) is 1.56. The SMILES string of the molecule is COc1ccc(C(=O)NC(=S)Nc2ccccc2C(=O)N2CCOCC2)cc1. The van der Waals surface area contributed by atoms with E-state index in [1.54, 1.807) is 60.5 Å². The third kappa shape index (κ3) is 4.85. The molecular formula is C20H21N3O4S. The van der Waals surface area contributed by atoms with Gasteiger partial charge in [0.1, 0.15) is 5.75 Å². The molecule has 8 heteroatoms. The zero-order valence-corrected chi connectivity index (χ0v) is 16.3. The molecule has 146 valence electrons. The van der Waals surface area contributed by atoms with E-state index >= 15 is 0 Å². The molecule has 0 radical (unpaired) electrons. The normalized spacial score (nSPS) is 13.5. The molecule has 0 unspecified atom stereocenters. The molecule has 1 aliphatic heterocycles. The highest BCUT2D eigenvalue weighted by Crippen LogP contribution is 2.18. The molecule has 2 aromatic rings. The Morgan fingerprint density at radius 1 is 1.07 bits per heavy atom. The van der Waals surface area contributed by atoms with Crippen molar-refractivity contribution in [1.82, 2.24) is 10.2 Å². The lowest BCUT2D eigenvalue weighted by Crippen LogP contribution is -2.41. The number of nitrogens with zero attached hydrogens (tertiary/aromatic N) is 1. The van der Waals surface area contributed by atoms with E-state index in [4.69, 9.17) is 21.7 Å². The highest BCUT2D eigenvalue weighted by molar-refractivity contribution is 7.80. The van der Waals surface area contributed by atoms with Gasteiger partial charge in [-0.25, -0.2) is 0 Å². The molecule has 0 saturated carbocycles. The number of anilines is 1. The van der Waals surface area contributed by atoms with Crippen LogP contribution in [0.5, 0.6) is 5.75 Å². The molecule has 1 fully saturated rings. The summed E-state index contributed by atoms with van der Waals surface area (Å²) in [5, 5.41) is 5.69. The van der Waals surface area contributed by atoms with Gasteiger partial charge in [0.25, 0.3) is 11.8 Å². The number of hydrogen-bond donors (Lipinski definition) is 2. The first-order valence-electron chi connectivity index (χ1n) is 8.81. The molecule has 7 nitrogen and oxygen atoms in total. The smallest absolute Gasteiger partial charge is 0.257 e. The summed E-state index contributed by atoms with van der Waals surface area (Å²) in [6, 6.07) is 13.8. The molecule has 3 rings (SSSR count). The van der Waals surface area contributed by atoms with Gasteiger partial charge in [0.15, 0.2) is 5.11 Å². The summed E-state index contributed by atoms with van der Waals surface area (Å²) in [6.45, 7) is 2.15. The van der Waals surface area contributed by atoms with Crippen LogP contribution >= 0.6 is 12.2 Å². The number of amides is 2. The van der Waals surface area contributed by atoms with Crippen molar-refractivity contribution in [3.05, 3.63) is 59.7 Å². The van der Waals surface area contributed by atoms with E-state index in [1.165, 1.54) is 0 Å². The zero-order chi connectivity index (χ0) is 19.9. The number of benzene rings is 2. The molecule has 0 atom stereocenters. The number of carbonyl (C=O) groups is 2. The minimum atomic E-state index is -0.350. The van der Waals surface area contributed by atoms with E-state index in [9.17, 15) is 9.59 Å². The lowest BCUT2D eigenvalue weighted by atomic mass is 10.1. The van der Waals surface area contributed by atoms with Gasteiger partial charge in [-0.3, -0.25) is 14.9 Å². The maximum absolute atomic E-state index is 12.8. The van der Waals surface area contributed by atoms with Gasteiger partial charge in [-0.1, -0.05) is 12.1 Å². The Bertz CT molecular complexity index is 864. The van der Waals surface area contributed by atoms with Crippen LogP contribution in [-0.2, 0) is 4.74 Å². The summed E-state index contributed by atoms with van der Waals surface area (Å²) in [5.41, 5.74) is 1.48. The average molecular weight is 399 g/mol. The number of hydrogen-bond acceptors (Lipinski definition) is 5. The Labute approximate surface area is 168 Å². The van der Waals surface area contributed by atoms with Crippen molar-refractivity contribution in [2.75, 3.05) is 38.7 Å². The zero-order valence-electron chi connectivity index (χ0n) is 15.4. The number of carbonyl (C=O) groups excluding carboxylic acids is 2. The van der Waals surface area contributed by atoms with Gasteiger partial charge in [0.05, 0.1) is 31.6 Å². The number of morpholine rings is 1. The second kappa shape index (κ2) is 9.29. The predicted molar refractivity (Wildman–Crippen MR) is 110 cm³/mol. The van der Waals surface area contributed by atoms with Gasteiger partial charge < -0.3 is 19.7 Å². The fourth-order valence-corrected chi connectivity index (χ4v) is 2.99. The molecule has 0 aliphatic carbocycles. The lowest BCUT2D eigenvalue weighted by molar-refractivity contribution is 0.0303. The van der Waals surface area contributed by atoms with Crippen LogP contribution in [0.2, 0.25) is 0 Å². The van der Waals surface area contributed by atoms with Gasteiger partial charge in [0.2, 0.25) is 0 Å². The van der Waals surface area contributed by atoms with Crippen LogP contribution in [0.3, 0.4) is 0 Å². The topological polar surface area (TPSA) is 79.9 Å². The number of rotatable bonds is 4. The summed E-state index contributed by atoms with van der Waals surface area (Å²) in [5.74, 6) is 0.209. The van der Waals surface area contributed by atoms with E-state index in [0.29, 0.717) is 48.9 Å². The minimum Gasteiger partial charge on any atom is -0.497 e. The fourth-order valence-electron chi connectivity index (χ4n) is 2.79. The molecule has 1 saturated heterocycles. The Kier molecular flexibility index (Phi) is 6.57. The second-order valence-electron chi connectivity index (χ2n) is 6.09. The molecule has 28 heavy (non-hydrogen) atoms. The Morgan fingerprint density at radius 3 is 2.43 bits per heavy atom. The van der Waals surface area contributed by atoms with Crippen molar-refractivity contribution in [3.63, 3.8) is 0 Å². The van der Waals surface area contributed by atoms with E-state index in [-0.39, 0.29) is 16.9 Å². The molecule has 2 N–H and O–H groups in total. The second-order valence-corrected chi connectivity index (χ2v) is 6.50. The van der Waals surface area contributed by atoms with E-state index < -0.39 is 0 Å². The van der Waals surface area contributed by atoms with Gasteiger partial charge >= 0.3 is 0 Å². The molecule has 0 spiro atoms. The molecule has 0 bridgehead atoms. The third-order valence-electron chi connectivity index (χ3n) is 4.28. The van der Waals surface area contributed by atoms with E-state index in [0.717, 1.165) is 0 Å². The quantitative estimate of drug-likeness (QED) is 0.768. The Morgan fingerprint density at radius 2 is 1.75 bits per heavy atom. The van der Waals surface area contributed by atoms with Crippen molar-refractivity contribution >= 4 is 34.8 Å². The monoisotopic (exact) mass is 399 g/mol. The maximum Gasteiger partial charge on any atom is 0.257 e. The van der Waals surface area contributed by atoms with Gasteiger partial charge in [0, 0.05) is 18.7 Å². The van der Waals surface area contributed by atoms with Crippen LogP contribution < -0.4 is 15.4 Å². The number of nitrogens with one attached hydrogen (secondary N) is 2. The average Bonchev–Trinajstić information content (AvgIpc) is 2.74. The molecule has 1 aliphatic rings. The van der Waals surface area contributed by atoms with Crippen molar-refractivity contribution in [2.45, 2.75) is 0 Å². The van der Waals surface area contributed by atoms with Crippen LogP contribution in [0.1, 0.15) is 20.7 Å². The molecule has 2 aromatic carbocycles. The first-order valence-corrected chi connectivity index (χ1v) is 9.22. The van der Waals surface area contributed by atoms with Gasteiger partial charge in [-0.15, -0.1) is 0 Å². The number of thiocarbonyl (C=S) groups is 1. The van der Waals surface area contributed by atoms with Crippen LogP contribution in [0.25, 0.3) is 0 Å². The van der Waals surface area contributed by atoms with Crippen LogP contribution in [0, 0.1) is 0 Å². The molecule has 1 heterocycles. The maximum atomic E-state index is 12.8. The van der Waals surface area contributed by atoms with E-state index in [1.807, 2.05) is 0 Å². The molecular weight excluding hydrogens is 378 g/mol. The number of para-hydroxylation sites is 1. The van der Waals surface area contributed by atoms with Crippen molar-refractivity contribution < 1.29 is 19.1 Å². The summed E-state index contributed by atoms with van der Waals surface area (Å²) in [6.07, 6.45) is 0. The number of methoxy groups -OCH3 is 1. The number of ether oxygens (including phenoxy) is 2. The first kappa shape index (κ1) is 19.8. The van der Waals surface area contributed by atoms with Crippen LogP contribution in [0.4, 0.5) is 5.69 Å². The summed E-state index contributed by atoms with van der Waals surface area (Å²) in [4.78, 5) is 26.9. The first-order chi connectivity index (χ1) is 13.6. The Balaban J connectivity index is 1.66. The summed E-state index contributed by atoms with van der Waals surface area (Å²) >= 11 is 5.25. The fraction of sp³-hybridized carbons (Fsp3) is 0.250. The highest BCUT2D eigenvalue weighted by Gasteiger charge is 2.21. The van der Waals surface area contributed by atoms with Crippen LogP contribution in [-0.4, -0.2) is 55.2 Å². The van der Waals surface area contributed by atoms with Gasteiger partial charge in [-0.2, -0.15) is 0 Å². The van der Waals surface area contributed by atoms with Gasteiger partial charge in [-0.05, 0) is 48.6 Å². The van der Waals surface area contributed by atoms with Crippen molar-refractivity contribution in [2.24, 2.45) is 0 Å². The molecule has 0 aromatic heterocycles. The largest absolute Gasteiger partial charge is 0.497 e. The standard InChI is InChI=1S/C20H21N3O4S/c1-26-15-8-6-14(7-9-15)18(24)22-20(28)21-17-5-3-2-4-16(17)19(25)23-10-12-27-13-11-23/h2-9H,10-13H2,1H3,(H2,21,22,24,28). The lowest BCUT2D eigenvalue weighted by Gasteiger charge is -2.27. The minimum absolute atomic E-state index is 0.101. The summed E-state index contributed by atoms with van der Waals surface area (Å²) < 4.78 is 10.4.